The van der Waals surface area contributed by atoms with Gasteiger partial charge in [0, 0.05) is 19.0 Å². The topological polar surface area (TPSA) is 42.7 Å². The van der Waals surface area contributed by atoms with E-state index in [1.54, 1.807) is 18.2 Å². The molecule has 1 aromatic carbocycles. The summed E-state index contributed by atoms with van der Waals surface area (Å²) in [6.07, 6.45) is 1.95. The van der Waals surface area contributed by atoms with Gasteiger partial charge in [0.2, 0.25) is 0 Å². The molecule has 1 heterocycles. The van der Waals surface area contributed by atoms with E-state index in [9.17, 15) is 9.18 Å². The Hall–Kier alpha value is -2.14. The standard InChI is InChI=1S/C14H14FNO3/c1-16(18-2)14(17)13-11(7-8-19-13)9-10-3-5-12(15)6-4-10/h3-8H,9H2,1-2H3. The lowest BCUT2D eigenvalue weighted by molar-refractivity contribution is -0.0774. The zero-order valence-corrected chi connectivity index (χ0v) is 10.7. The first-order valence-electron chi connectivity index (χ1n) is 5.75. The summed E-state index contributed by atoms with van der Waals surface area (Å²) in [6, 6.07) is 7.85. The highest BCUT2D eigenvalue weighted by atomic mass is 19.1. The summed E-state index contributed by atoms with van der Waals surface area (Å²) in [7, 11) is 2.91. The van der Waals surface area contributed by atoms with E-state index in [1.165, 1.54) is 32.6 Å². The van der Waals surface area contributed by atoms with Crippen LogP contribution in [0.2, 0.25) is 0 Å². The summed E-state index contributed by atoms with van der Waals surface area (Å²) in [5.41, 5.74) is 1.64. The summed E-state index contributed by atoms with van der Waals surface area (Å²) < 4.78 is 18.0. The third-order valence-corrected chi connectivity index (χ3v) is 2.81. The number of rotatable bonds is 4. The molecule has 2 aromatic rings. The van der Waals surface area contributed by atoms with Crippen molar-refractivity contribution in [2.45, 2.75) is 6.42 Å². The Labute approximate surface area is 110 Å². The fraction of sp³-hybridized carbons (Fsp3) is 0.214. The number of carbonyl (C=O) groups excluding carboxylic acids is 1. The number of amides is 1. The van der Waals surface area contributed by atoms with Crippen LogP contribution in [0.1, 0.15) is 21.7 Å². The van der Waals surface area contributed by atoms with Crippen molar-refractivity contribution in [2.24, 2.45) is 0 Å². The summed E-state index contributed by atoms with van der Waals surface area (Å²) in [4.78, 5) is 16.8. The van der Waals surface area contributed by atoms with Gasteiger partial charge < -0.3 is 4.42 Å². The monoisotopic (exact) mass is 263 g/mol. The maximum atomic E-state index is 12.8. The van der Waals surface area contributed by atoms with Crippen molar-refractivity contribution in [1.29, 1.82) is 0 Å². The quantitative estimate of drug-likeness (QED) is 0.796. The van der Waals surface area contributed by atoms with Crippen LogP contribution in [0, 0.1) is 5.82 Å². The van der Waals surface area contributed by atoms with Gasteiger partial charge in [-0.2, -0.15) is 0 Å². The largest absolute Gasteiger partial charge is 0.459 e. The SMILES string of the molecule is CON(C)C(=O)c1occc1Cc1ccc(F)cc1. The molecule has 19 heavy (non-hydrogen) atoms. The van der Waals surface area contributed by atoms with E-state index < -0.39 is 0 Å². The molecule has 1 aromatic heterocycles. The number of furan rings is 1. The second-order valence-corrected chi connectivity index (χ2v) is 4.06. The van der Waals surface area contributed by atoms with E-state index >= 15 is 0 Å². The predicted octanol–water partition coefficient (Wildman–Crippen LogP) is 2.64. The van der Waals surface area contributed by atoms with E-state index in [4.69, 9.17) is 9.25 Å². The summed E-state index contributed by atoms with van der Waals surface area (Å²) in [5, 5.41) is 1.09. The third-order valence-electron chi connectivity index (χ3n) is 2.81. The van der Waals surface area contributed by atoms with Gasteiger partial charge in [0.05, 0.1) is 13.4 Å². The molecule has 0 saturated heterocycles. The minimum Gasteiger partial charge on any atom is -0.459 e. The highest BCUT2D eigenvalue weighted by Crippen LogP contribution is 2.17. The molecular formula is C14H14FNO3. The summed E-state index contributed by atoms with van der Waals surface area (Å²) >= 11 is 0. The minimum absolute atomic E-state index is 0.230. The smallest absolute Gasteiger partial charge is 0.313 e. The Morgan fingerprint density at radius 3 is 2.63 bits per heavy atom. The number of carbonyl (C=O) groups is 1. The lowest BCUT2D eigenvalue weighted by Crippen LogP contribution is -2.25. The molecule has 0 N–H and O–H groups in total. The number of hydrogen-bond donors (Lipinski definition) is 0. The van der Waals surface area contributed by atoms with E-state index in [-0.39, 0.29) is 17.5 Å². The van der Waals surface area contributed by atoms with E-state index in [0.29, 0.717) is 6.42 Å². The van der Waals surface area contributed by atoms with Gasteiger partial charge in [0.25, 0.3) is 0 Å². The Balaban J connectivity index is 2.20. The molecule has 100 valence electrons. The molecule has 5 heteroatoms. The van der Waals surface area contributed by atoms with Crippen molar-refractivity contribution in [3.8, 4) is 0 Å². The highest BCUT2D eigenvalue weighted by molar-refractivity contribution is 5.92. The van der Waals surface area contributed by atoms with Gasteiger partial charge in [-0.15, -0.1) is 0 Å². The van der Waals surface area contributed by atoms with Crippen LogP contribution >= 0.6 is 0 Å². The van der Waals surface area contributed by atoms with Crippen molar-refractivity contribution in [1.82, 2.24) is 5.06 Å². The molecule has 0 radical (unpaired) electrons. The van der Waals surface area contributed by atoms with Crippen LogP contribution in [0.4, 0.5) is 4.39 Å². The Morgan fingerprint density at radius 1 is 1.32 bits per heavy atom. The van der Waals surface area contributed by atoms with Crippen LogP contribution in [0.5, 0.6) is 0 Å². The van der Waals surface area contributed by atoms with Crippen molar-refractivity contribution < 1.29 is 18.4 Å². The van der Waals surface area contributed by atoms with Crippen molar-refractivity contribution in [2.75, 3.05) is 14.2 Å². The molecule has 0 saturated carbocycles. The maximum Gasteiger partial charge on any atom is 0.313 e. The second kappa shape index (κ2) is 5.67. The van der Waals surface area contributed by atoms with Crippen molar-refractivity contribution in [3.63, 3.8) is 0 Å². The molecule has 0 aliphatic rings. The lowest BCUT2D eigenvalue weighted by Gasteiger charge is -2.12. The van der Waals surface area contributed by atoms with Crippen molar-refractivity contribution in [3.05, 3.63) is 59.3 Å². The first kappa shape index (κ1) is 13.3. The molecule has 1 amide bonds. The Bertz CT molecular complexity index is 562. The first-order chi connectivity index (χ1) is 9.11. The van der Waals surface area contributed by atoms with E-state index in [2.05, 4.69) is 0 Å². The molecule has 0 unspecified atom stereocenters. The average Bonchev–Trinajstić information content (AvgIpc) is 2.87. The summed E-state index contributed by atoms with van der Waals surface area (Å²) in [5.74, 6) is -0.412. The van der Waals surface area contributed by atoms with Crippen LogP contribution in [0.3, 0.4) is 0 Å². The number of benzene rings is 1. The summed E-state index contributed by atoms with van der Waals surface area (Å²) in [6.45, 7) is 0. The van der Waals surface area contributed by atoms with E-state index in [0.717, 1.165) is 16.2 Å². The third kappa shape index (κ3) is 3.00. The second-order valence-electron chi connectivity index (χ2n) is 4.06. The van der Waals surface area contributed by atoms with Gasteiger partial charge in [-0.05, 0) is 23.8 Å². The highest BCUT2D eigenvalue weighted by Gasteiger charge is 2.19. The molecule has 0 bridgehead atoms. The molecule has 0 aliphatic heterocycles. The fourth-order valence-electron chi connectivity index (χ4n) is 1.71. The Kier molecular flexibility index (Phi) is 3.97. The van der Waals surface area contributed by atoms with Gasteiger partial charge in [0.1, 0.15) is 5.82 Å². The zero-order valence-electron chi connectivity index (χ0n) is 10.7. The fourth-order valence-corrected chi connectivity index (χ4v) is 1.71. The Morgan fingerprint density at radius 2 is 2.00 bits per heavy atom. The van der Waals surface area contributed by atoms with Gasteiger partial charge >= 0.3 is 5.91 Å². The molecule has 0 fully saturated rings. The van der Waals surface area contributed by atoms with Crippen LogP contribution in [-0.2, 0) is 11.3 Å². The normalized spacial score (nSPS) is 10.5. The average molecular weight is 263 g/mol. The molecular weight excluding hydrogens is 249 g/mol. The van der Waals surface area contributed by atoms with E-state index in [1.807, 2.05) is 0 Å². The molecule has 0 atom stereocenters. The number of halogens is 1. The lowest BCUT2D eigenvalue weighted by atomic mass is 10.1. The van der Waals surface area contributed by atoms with Crippen LogP contribution < -0.4 is 0 Å². The maximum absolute atomic E-state index is 12.8. The van der Waals surface area contributed by atoms with Crippen LogP contribution in [0.25, 0.3) is 0 Å². The molecule has 4 nitrogen and oxygen atoms in total. The van der Waals surface area contributed by atoms with Crippen LogP contribution in [0.15, 0.2) is 41.0 Å². The zero-order chi connectivity index (χ0) is 13.8. The predicted molar refractivity (Wildman–Crippen MR) is 67.0 cm³/mol. The minimum atomic E-state index is -0.357. The molecule has 0 aliphatic carbocycles. The number of hydroxylamine groups is 2. The van der Waals surface area contributed by atoms with Gasteiger partial charge in [-0.25, -0.2) is 9.45 Å². The van der Waals surface area contributed by atoms with Crippen LogP contribution in [-0.4, -0.2) is 25.1 Å². The molecule has 0 spiro atoms. The molecule has 2 rings (SSSR count). The number of nitrogens with zero attached hydrogens (tertiary/aromatic N) is 1. The van der Waals surface area contributed by atoms with Gasteiger partial charge in [-0.1, -0.05) is 12.1 Å². The first-order valence-corrected chi connectivity index (χ1v) is 5.75. The van der Waals surface area contributed by atoms with Gasteiger partial charge in [-0.3, -0.25) is 9.63 Å². The number of hydrogen-bond acceptors (Lipinski definition) is 3. The van der Waals surface area contributed by atoms with Gasteiger partial charge in [0.15, 0.2) is 5.76 Å². The van der Waals surface area contributed by atoms with Crippen molar-refractivity contribution >= 4 is 5.91 Å².